The average Bonchev–Trinajstić information content (AvgIpc) is 3.10. The maximum Gasteiger partial charge on any atom is 0.337 e. The normalized spacial score (nSPS) is 15.1. The third-order valence-electron chi connectivity index (χ3n) is 3.09. The lowest BCUT2D eigenvalue weighted by Gasteiger charge is -2.08. The van der Waals surface area contributed by atoms with Gasteiger partial charge in [-0.1, -0.05) is 0 Å². The number of aromatic carboxylic acids is 1. The van der Waals surface area contributed by atoms with E-state index in [-0.39, 0.29) is 17.3 Å². The Hall–Kier alpha value is -1.97. The van der Waals surface area contributed by atoms with Crippen molar-refractivity contribution in [2.45, 2.75) is 18.8 Å². The number of pyridine rings is 1. The summed E-state index contributed by atoms with van der Waals surface area (Å²) in [5.74, 6) is -1.03. The quantitative estimate of drug-likeness (QED) is 0.864. The van der Waals surface area contributed by atoms with Crippen LogP contribution >= 0.6 is 0 Å². The number of aromatic nitrogens is 1. The highest BCUT2D eigenvalue weighted by Crippen LogP contribution is 2.44. The van der Waals surface area contributed by atoms with Crippen LogP contribution < -0.4 is 0 Å². The van der Waals surface area contributed by atoms with Gasteiger partial charge >= 0.3 is 5.97 Å². The Morgan fingerprint density at radius 2 is 2.18 bits per heavy atom. The Morgan fingerprint density at radius 3 is 2.82 bits per heavy atom. The van der Waals surface area contributed by atoms with Crippen molar-refractivity contribution in [2.75, 3.05) is 0 Å². The van der Waals surface area contributed by atoms with Crippen LogP contribution in [0.25, 0.3) is 10.9 Å². The summed E-state index contributed by atoms with van der Waals surface area (Å²) in [5.41, 5.74) is 1.58. The summed E-state index contributed by atoms with van der Waals surface area (Å²) in [6.45, 7) is 0. The van der Waals surface area contributed by atoms with Crippen LogP contribution in [0.3, 0.4) is 0 Å². The van der Waals surface area contributed by atoms with Crippen LogP contribution in [-0.4, -0.2) is 16.1 Å². The minimum absolute atomic E-state index is 0.242. The Labute approximate surface area is 96.9 Å². The molecule has 1 aliphatic rings. The van der Waals surface area contributed by atoms with Crippen LogP contribution in [0.5, 0.6) is 0 Å². The van der Waals surface area contributed by atoms with E-state index in [0.717, 1.165) is 23.8 Å². The molecule has 2 aromatic rings. The molecule has 1 aliphatic carbocycles. The molecule has 0 unspecified atom stereocenters. The second kappa shape index (κ2) is 3.52. The van der Waals surface area contributed by atoms with Crippen LogP contribution in [0.4, 0.5) is 4.39 Å². The van der Waals surface area contributed by atoms with Crippen LogP contribution in [0, 0.1) is 5.82 Å². The lowest BCUT2D eigenvalue weighted by atomic mass is 9.99. The molecule has 1 saturated carbocycles. The van der Waals surface area contributed by atoms with E-state index in [9.17, 15) is 9.18 Å². The fraction of sp³-hybridized carbons (Fsp3) is 0.231. The smallest absolute Gasteiger partial charge is 0.337 e. The summed E-state index contributed by atoms with van der Waals surface area (Å²) in [7, 11) is 0. The standard InChI is InChI=1S/C13H10FNO2/c14-8-3-4-9-11(5-8)15-6-10(13(16)17)12(9)7-1-2-7/h3-7H,1-2H2,(H,16,17). The van der Waals surface area contributed by atoms with Crippen molar-refractivity contribution < 1.29 is 14.3 Å². The zero-order chi connectivity index (χ0) is 12.0. The summed E-state index contributed by atoms with van der Waals surface area (Å²) in [6.07, 6.45) is 3.32. The van der Waals surface area contributed by atoms with E-state index in [1.165, 1.54) is 18.3 Å². The Balaban J connectivity index is 2.34. The molecule has 1 N–H and O–H groups in total. The third kappa shape index (κ3) is 1.65. The highest BCUT2D eigenvalue weighted by atomic mass is 19.1. The first kappa shape index (κ1) is 10.2. The number of carbonyl (C=O) groups is 1. The highest BCUT2D eigenvalue weighted by molar-refractivity contribution is 5.96. The predicted octanol–water partition coefficient (Wildman–Crippen LogP) is 2.95. The number of carboxylic acid groups (broad SMARTS) is 1. The van der Waals surface area contributed by atoms with E-state index in [0.29, 0.717) is 5.52 Å². The average molecular weight is 231 g/mol. The topological polar surface area (TPSA) is 50.2 Å². The molecule has 1 aromatic heterocycles. The van der Waals surface area contributed by atoms with Gasteiger partial charge in [0.25, 0.3) is 0 Å². The molecule has 0 aliphatic heterocycles. The minimum atomic E-state index is -0.967. The van der Waals surface area contributed by atoms with Crippen molar-refractivity contribution in [3.05, 3.63) is 41.3 Å². The third-order valence-corrected chi connectivity index (χ3v) is 3.09. The van der Waals surface area contributed by atoms with E-state index in [1.807, 2.05) is 0 Å². The van der Waals surface area contributed by atoms with Crippen molar-refractivity contribution in [1.82, 2.24) is 4.98 Å². The lowest BCUT2D eigenvalue weighted by molar-refractivity contribution is 0.0695. The number of benzene rings is 1. The summed E-state index contributed by atoms with van der Waals surface area (Å²) < 4.78 is 13.1. The van der Waals surface area contributed by atoms with Gasteiger partial charge in [0.1, 0.15) is 5.82 Å². The lowest BCUT2D eigenvalue weighted by Crippen LogP contribution is -2.03. The molecule has 0 spiro atoms. The molecule has 3 rings (SSSR count). The van der Waals surface area contributed by atoms with E-state index >= 15 is 0 Å². The maximum absolute atomic E-state index is 13.1. The monoisotopic (exact) mass is 231 g/mol. The van der Waals surface area contributed by atoms with Gasteiger partial charge in [-0.05, 0) is 36.5 Å². The van der Waals surface area contributed by atoms with E-state index in [2.05, 4.69) is 4.98 Å². The van der Waals surface area contributed by atoms with Crippen molar-refractivity contribution in [2.24, 2.45) is 0 Å². The van der Waals surface area contributed by atoms with Crippen molar-refractivity contribution in [3.63, 3.8) is 0 Å². The summed E-state index contributed by atoms with van der Waals surface area (Å²) in [5, 5.41) is 9.90. The second-order valence-corrected chi connectivity index (χ2v) is 4.33. The van der Waals surface area contributed by atoms with Crippen molar-refractivity contribution >= 4 is 16.9 Å². The molecule has 0 atom stereocenters. The Kier molecular flexibility index (Phi) is 2.11. The Bertz CT molecular complexity index is 620. The summed E-state index contributed by atoms with van der Waals surface area (Å²) in [4.78, 5) is 15.2. The molecule has 3 nitrogen and oxygen atoms in total. The summed E-state index contributed by atoms with van der Waals surface area (Å²) in [6, 6.07) is 4.31. The molecule has 0 radical (unpaired) electrons. The zero-order valence-electron chi connectivity index (χ0n) is 8.98. The maximum atomic E-state index is 13.1. The van der Waals surface area contributed by atoms with E-state index in [4.69, 9.17) is 5.11 Å². The van der Waals surface area contributed by atoms with Gasteiger partial charge in [-0.15, -0.1) is 0 Å². The number of hydrogen-bond donors (Lipinski definition) is 1. The molecular weight excluding hydrogens is 221 g/mol. The molecule has 1 fully saturated rings. The molecular formula is C13H10FNO2. The highest BCUT2D eigenvalue weighted by Gasteiger charge is 2.30. The number of carboxylic acids is 1. The summed E-state index contributed by atoms with van der Waals surface area (Å²) >= 11 is 0. The molecule has 17 heavy (non-hydrogen) atoms. The molecule has 0 saturated heterocycles. The van der Waals surface area contributed by atoms with Gasteiger partial charge in [0.05, 0.1) is 11.1 Å². The predicted molar refractivity (Wildman–Crippen MR) is 60.6 cm³/mol. The first-order valence-corrected chi connectivity index (χ1v) is 5.48. The molecule has 0 bridgehead atoms. The molecule has 4 heteroatoms. The largest absolute Gasteiger partial charge is 0.478 e. The van der Waals surface area contributed by atoms with Gasteiger partial charge in [0.2, 0.25) is 0 Å². The number of halogens is 1. The molecule has 0 amide bonds. The van der Waals surface area contributed by atoms with Gasteiger partial charge in [0, 0.05) is 17.6 Å². The minimum Gasteiger partial charge on any atom is -0.478 e. The first-order chi connectivity index (χ1) is 8.16. The van der Waals surface area contributed by atoms with Gasteiger partial charge < -0.3 is 5.11 Å². The Morgan fingerprint density at radius 1 is 1.41 bits per heavy atom. The number of nitrogens with zero attached hydrogens (tertiary/aromatic N) is 1. The van der Waals surface area contributed by atoms with Gasteiger partial charge in [0.15, 0.2) is 0 Å². The van der Waals surface area contributed by atoms with Gasteiger partial charge in [-0.3, -0.25) is 4.98 Å². The SMILES string of the molecule is O=C(O)c1cnc2cc(F)ccc2c1C1CC1. The van der Waals surface area contributed by atoms with Crippen molar-refractivity contribution in [1.29, 1.82) is 0 Å². The fourth-order valence-electron chi connectivity index (χ4n) is 2.17. The van der Waals surface area contributed by atoms with Crippen molar-refractivity contribution in [3.8, 4) is 0 Å². The molecule has 1 aromatic carbocycles. The number of hydrogen-bond acceptors (Lipinski definition) is 2. The zero-order valence-corrected chi connectivity index (χ0v) is 8.98. The fourth-order valence-corrected chi connectivity index (χ4v) is 2.17. The van der Waals surface area contributed by atoms with E-state index < -0.39 is 5.97 Å². The van der Waals surface area contributed by atoms with Crippen LogP contribution in [0.2, 0.25) is 0 Å². The second-order valence-electron chi connectivity index (χ2n) is 4.33. The molecule has 1 heterocycles. The number of fused-ring (bicyclic) bond motifs is 1. The van der Waals surface area contributed by atoms with E-state index in [1.54, 1.807) is 6.07 Å². The number of rotatable bonds is 2. The van der Waals surface area contributed by atoms with Crippen LogP contribution in [0.15, 0.2) is 24.4 Å². The van der Waals surface area contributed by atoms with Crippen LogP contribution in [-0.2, 0) is 0 Å². The van der Waals surface area contributed by atoms with Crippen LogP contribution in [0.1, 0.15) is 34.7 Å². The van der Waals surface area contributed by atoms with Gasteiger partial charge in [-0.25, -0.2) is 9.18 Å². The van der Waals surface area contributed by atoms with Gasteiger partial charge in [-0.2, -0.15) is 0 Å². The molecule has 86 valence electrons. The first-order valence-electron chi connectivity index (χ1n) is 5.48.